The molecule has 5 heteroatoms. The zero-order valence-corrected chi connectivity index (χ0v) is 12.5. The first-order valence-corrected chi connectivity index (χ1v) is 7.21. The van der Waals surface area contributed by atoms with Crippen LogP contribution in [-0.2, 0) is 0 Å². The van der Waals surface area contributed by atoms with E-state index in [1.165, 1.54) is 6.07 Å². The molecule has 3 unspecified atom stereocenters. The van der Waals surface area contributed by atoms with Crippen molar-refractivity contribution in [1.82, 2.24) is 14.8 Å². The number of hydrogen-bond acceptors (Lipinski definition) is 4. The highest BCUT2D eigenvalue weighted by atomic mass is 19.1. The molecule has 2 rings (SSSR count). The number of pyridine rings is 1. The van der Waals surface area contributed by atoms with Crippen molar-refractivity contribution in [3.63, 3.8) is 0 Å². The summed E-state index contributed by atoms with van der Waals surface area (Å²) in [5.41, 5.74) is 0.543. The summed E-state index contributed by atoms with van der Waals surface area (Å²) >= 11 is 0. The van der Waals surface area contributed by atoms with E-state index in [9.17, 15) is 9.50 Å². The third-order valence-electron chi connectivity index (χ3n) is 4.25. The number of nitrogens with zero attached hydrogens (tertiary/aromatic N) is 3. The van der Waals surface area contributed by atoms with Crippen LogP contribution in [0.3, 0.4) is 0 Å². The molecule has 20 heavy (non-hydrogen) atoms. The van der Waals surface area contributed by atoms with Crippen molar-refractivity contribution in [2.75, 3.05) is 26.7 Å². The van der Waals surface area contributed by atoms with Crippen LogP contribution in [0.1, 0.15) is 32.1 Å². The summed E-state index contributed by atoms with van der Waals surface area (Å²) in [6.07, 6.45) is 1.15. The number of piperazine rings is 1. The molecule has 1 aromatic heterocycles. The normalized spacial score (nSPS) is 26.6. The third-order valence-corrected chi connectivity index (χ3v) is 4.25. The highest BCUT2D eigenvalue weighted by Crippen LogP contribution is 2.18. The van der Waals surface area contributed by atoms with E-state index in [1.54, 1.807) is 6.07 Å². The number of halogens is 1. The van der Waals surface area contributed by atoms with Crippen molar-refractivity contribution in [3.8, 4) is 0 Å². The molecule has 112 valence electrons. The van der Waals surface area contributed by atoms with Crippen LogP contribution in [0.4, 0.5) is 4.39 Å². The zero-order valence-electron chi connectivity index (χ0n) is 12.5. The van der Waals surface area contributed by atoms with Crippen molar-refractivity contribution >= 4 is 0 Å². The van der Waals surface area contributed by atoms with Gasteiger partial charge in [-0.25, -0.2) is 4.39 Å². The second kappa shape index (κ2) is 6.61. The predicted octanol–water partition coefficient (Wildman–Crippen LogP) is 1.67. The summed E-state index contributed by atoms with van der Waals surface area (Å²) in [5.74, 6) is -0.373. The Morgan fingerprint density at radius 2 is 2.00 bits per heavy atom. The van der Waals surface area contributed by atoms with Crippen LogP contribution in [0.5, 0.6) is 0 Å². The summed E-state index contributed by atoms with van der Waals surface area (Å²) in [5, 5.41) is 10.1. The highest BCUT2D eigenvalue weighted by molar-refractivity contribution is 5.08. The van der Waals surface area contributed by atoms with Gasteiger partial charge in [-0.1, -0.05) is 0 Å². The van der Waals surface area contributed by atoms with Gasteiger partial charge >= 0.3 is 0 Å². The van der Waals surface area contributed by atoms with Gasteiger partial charge in [0, 0.05) is 31.7 Å². The molecule has 1 N–H and O–H groups in total. The predicted molar refractivity (Wildman–Crippen MR) is 76.9 cm³/mol. The van der Waals surface area contributed by atoms with Gasteiger partial charge in [-0.3, -0.25) is 9.88 Å². The Kier molecular flexibility index (Phi) is 5.07. The molecule has 1 aromatic rings. The first-order valence-electron chi connectivity index (χ1n) is 7.21. The minimum Gasteiger partial charge on any atom is -0.387 e. The summed E-state index contributed by atoms with van der Waals surface area (Å²) in [7, 11) is 2.16. The molecular formula is C15H24FN3O. The van der Waals surface area contributed by atoms with E-state index in [1.807, 2.05) is 0 Å². The van der Waals surface area contributed by atoms with Crippen molar-refractivity contribution in [3.05, 3.63) is 29.8 Å². The molecule has 1 saturated heterocycles. The van der Waals surface area contributed by atoms with Crippen LogP contribution >= 0.6 is 0 Å². The minimum absolute atomic E-state index is 0.373. The van der Waals surface area contributed by atoms with Gasteiger partial charge in [0.05, 0.1) is 18.0 Å². The topological polar surface area (TPSA) is 39.6 Å². The molecule has 0 amide bonds. The Labute approximate surface area is 120 Å². The van der Waals surface area contributed by atoms with E-state index in [2.05, 4.69) is 35.7 Å². The Morgan fingerprint density at radius 3 is 2.55 bits per heavy atom. The molecule has 2 heterocycles. The summed E-state index contributed by atoms with van der Waals surface area (Å²) in [6, 6.07) is 3.94. The second-order valence-electron chi connectivity index (χ2n) is 5.83. The zero-order chi connectivity index (χ0) is 14.7. The fraction of sp³-hybridized carbons (Fsp3) is 0.667. The maximum absolute atomic E-state index is 12.8. The average Bonchev–Trinajstić information content (AvgIpc) is 2.42. The average molecular weight is 281 g/mol. The number of aromatic nitrogens is 1. The highest BCUT2D eigenvalue weighted by Gasteiger charge is 2.26. The molecule has 0 saturated carbocycles. The Morgan fingerprint density at radius 1 is 1.35 bits per heavy atom. The van der Waals surface area contributed by atoms with Crippen LogP contribution < -0.4 is 0 Å². The Balaban J connectivity index is 1.84. The van der Waals surface area contributed by atoms with Gasteiger partial charge in [-0.15, -0.1) is 0 Å². The first-order chi connectivity index (χ1) is 9.47. The van der Waals surface area contributed by atoms with Gasteiger partial charge in [0.2, 0.25) is 0 Å². The summed E-state index contributed by atoms with van der Waals surface area (Å²) in [6.45, 7) is 7.32. The van der Waals surface area contributed by atoms with Crippen molar-refractivity contribution < 1.29 is 9.50 Å². The van der Waals surface area contributed by atoms with Crippen molar-refractivity contribution in [2.24, 2.45) is 0 Å². The molecule has 1 fully saturated rings. The molecule has 0 bridgehead atoms. The number of rotatable bonds is 4. The van der Waals surface area contributed by atoms with E-state index >= 15 is 0 Å². The van der Waals surface area contributed by atoms with Gasteiger partial charge in [-0.05, 0) is 39.4 Å². The number of likely N-dealkylation sites (N-methyl/N-ethyl adjacent to an activating group) is 1. The van der Waals surface area contributed by atoms with Gasteiger partial charge in [0.25, 0.3) is 0 Å². The van der Waals surface area contributed by atoms with Crippen LogP contribution in [0.25, 0.3) is 0 Å². The monoisotopic (exact) mass is 281 g/mol. The summed E-state index contributed by atoms with van der Waals surface area (Å²) in [4.78, 5) is 8.69. The van der Waals surface area contributed by atoms with E-state index in [4.69, 9.17) is 0 Å². The molecule has 1 aliphatic rings. The maximum atomic E-state index is 12.8. The molecule has 3 atom stereocenters. The van der Waals surface area contributed by atoms with Gasteiger partial charge < -0.3 is 10.0 Å². The standard InChI is InChI=1S/C15H24FN3O/c1-11-9-19(10-12(2)18(11)3)7-6-15(20)14-5-4-13(16)8-17-14/h4-5,8,11-12,15,20H,6-7,9-10H2,1-3H3. The lowest BCUT2D eigenvalue weighted by Crippen LogP contribution is -2.55. The molecule has 0 radical (unpaired) electrons. The summed E-state index contributed by atoms with van der Waals surface area (Å²) < 4.78 is 12.8. The lowest BCUT2D eigenvalue weighted by atomic mass is 10.1. The molecule has 4 nitrogen and oxygen atoms in total. The van der Waals surface area contributed by atoms with Gasteiger partial charge in [0.15, 0.2) is 0 Å². The van der Waals surface area contributed by atoms with Crippen LogP contribution in [0.2, 0.25) is 0 Å². The largest absolute Gasteiger partial charge is 0.387 e. The van der Waals surface area contributed by atoms with E-state index < -0.39 is 6.10 Å². The van der Waals surface area contributed by atoms with E-state index in [-0.39, 0.29) is 5.82 Å². The van der Waals surface area contributed by atoms with Crippen LogP contribution in [0, 0.1) is 5.82 Å². The van der Waals surface area contributed by atoms with Crippen molar-refractivity contribution in [2.45, 2.75) is 38.5 Å². The Hall–Kier alpha value is -1.04. The quantitative estimate of drug-likeness (QED) is 0.911. The Bertz CT molecular complexity index is 414. The SMILES string of the molecule is CC1CN(CCC(O)c2ccc(F)cn2)CC(C)N1C. The van der Waals surface area contributed by atoms with Crippen molar-refractivity contribution in [1.29, 1.82) is 0 Å². The molecule has 1 aliphatic heterocycles. The molecule has 0 spiro atoms. The molecule has 0 aliphatic carbocycles. The lowest BCUT2D eigenvalue weighted by Gasteiger charge is -2.42. The smallest absolute Gasteiger partial charge is 0.141 e. The minimum atomic E-state index is -0.624. The van der Waals surface area contributed by atoms with Crippen LogP contribution in [0.15, 0.2) is 18.3 Å². The number of aliphatic hydroxyl groups is 1. The van der Waals surface area contributed by atoms with Gasteiger partial charge in [-0.2, -0.15) is 0 Å². The van der Waals surface area contributed by atoms with E-state index in [0.717, 1.165) is 25.8 Å². The maximum Gasteiger partial charge on any atom is 0.141 e. The molecule has 0 aromatic carbocycles. The number of aliphatic hydroxyl groups excluding tert-OH is 1. The third kappa shape index (κ3) is 3.75. The fourth-order valence-corrected chi connectivity index (χ4v) is 2.73. The van der Waals surface area contributed by atoms with E-state index in [0.29, 0.717) is 24.2 Å². The van der Waals surface area contributed by atoms with Crippen LogP contribution in [-0.4, -0.2) is 58.7 Å². The molecular weight excluding hydrogens is 257 g/mol. The fourth-order valence-electron chi connectivity index (χ4n) is 2.73. The first kappa shape index (κ1) is 15.4. The lowest BCUT2D eigenvalue weighted by molar-refractivity contribution is 0.0480. The number of hydrogen-bond donors (Lipinski definition) is 1. The van der Waals surface area contributed by atoms with Gasteiger partial charge in [0.1, 0.15) is 5.82 Å². The second-order valence-corrected chi connectivity index (χ2v) is 5.83.